The maximum absolute atomic E-state index is 13.2. The highest BCUT2D eigenvalue weighted by Crippen LogP contribution is 2.28. The number of likely N-dealkylation sites (tertiary alicyclic amines) is 1. The third kappa shape index (κ3) is 6.62. The maximum atomic E-state index is 13.2. The van der Waals surface area contributed by atoms with Gasteiger partial charge in [-0.2, -0.15) is 4.31 Å². The van der Waals surface area contributed by atoms with Crippen molar-refractivity contribution in [2.45, 2.75) is 55.1 Å². The van der Waals surface area contributed by atoms with Crippen molar-refractivity contribution in [1.82, 2.24) is 9.21 Å². The minimum Gasteiger partial charge on any atom is -0.389 e. The van der Waals surface area contributed by atoms with Crippen LogP contribution in [0.4, 0.5) is 0 Å². The van der Waals surface area contributed by atoms with E-state index in [9.17, 15) is 18.3 Å². The molecule has 1 amide bonds. The lowest BCUT2D eigenvalue weighted by Gasteiger charge is -2.38. The summed E-state index contributed by atoms with van der Waals surface area (Å²) in [7, 11) is -3.67. The number of rotatable bonds is 8. The molecule has 1 atom stereocenters. The van der Waals surface area contributed by atoms with Crippen LogP contribution >= 0.6 is 11.6 Å². The van der Waals surface area contributed by atoms with Gasteiger partial charge in [0.25, 0.3) is 0 Å². The highest BCUT2D eigenvalue weighted by atomic mass is 35.5. The van der Waals surface area contributed by atoms with Gasteiger partial charge in [0.15, 0.2) is 0 Å². The second kappa shape index (κ2) is 11.4. The number of hydrogen-bond acceptors (Lipinski definition) is 5. The van der Waals surface area contributed by atoms with E-state index in [4.69, 9.17) is 16.3 Å². The van der Waals surface area contributed by atoms with Crippen LogP contribution in [0.15, 0.2) is 59.5 Å². The molecule has 2 aromatic carbocycles. The monoisotopic (exact) mass is 520 g/mol. The van der Waals surface area contributed by atoms with Crippen LogP contribution in [0.2, 0.25) is 5.02 Å². The van der Waals surface area contributed by atoms with Gasteiger partial charge in [-0.25, -0.2) is 8.42 Å². The molecule has 4 rings (SSSR count). The summed E-state index contributed by atoms with van der Waals surface area (Å²) in [6.45, 7) is 1.46. The topological polar surface area (TPSA) is 87.2 Å². The van der Waals surface area contributed by atoms with Gasteiger partial charge in [0.1, 0.15) is 6.61 Å². The number of amides is 1. The smallest absolute Gasteiger partial charge is 0.248 e. The molecule has 2 saturated heterocycles. The Balaban J connectivity index is 1.27. The lowest BCUT2D eigenvalue weighted by atomic mass is 9.85. The van der Waals surface area contributed by atoms with Crippen LogP contribution in [0.1, 0.15) is 37.7 Å². The second-order valence-electron chi connectivity index (χ2n) is 9.50. The molecule has 1 unspecified atom stereocenters. The van der Waals surface area contributed by atoms with Gasteiger partial charge in [-0.15, -0.1) is 0 Å². The third-order valence-corrected chi connectivity index (χ3v) is 9.17. The zero-order valence-corrected chi connectivity index (χ0v) is 21.4. The average molecular weight is 521 g/mol. The molecule has 0 spiro atoms. The summed E-state index contributed by atoms with van der Waals surface area (Å²) in [5, 5.41) is 11.4. The molecule has 0 saturated carbocycles. The molecule has 0 radical (unpaired) electrons. The summed E-state index contributed by atoms with van der Waals surface area (Å²) >= 11 is 5.91. The van der Waals surface area contributed by atoms with Gasteiger partial charge in [0.2, 0.25) is 15.9 Å². The number of piperidine rings is 2. The van der Waals surface area contributed by atoms with Gasteiger partial charge in [-0.3, -0.25) is 4.79 Å². The van der Waals surface area contributed by atoms with Crippen molar-refractivity contribution < 1.29 is 23.1 Å². The van der Waals surface area contributed by atoms with Crippen LogP contribution in [-0.2, 0) is 26.0 Å². The Morgan fingerprint density at radius 2 is 1.71 bits per heavy atom. The summed E-state index contributed by atoms with van der Waals surface area (Å²) in [5.74, 6) is -0.130. The molecule has 190 valence electrons. The van der Waals surface area contributed by atoms with E-state index < -0.39 is 15.6 Å². The minimum atomic E-state index is -3.67. The molecule has 2 aliphatic rings. The number of nitrogens with zero attached hydrogens (tertiary/aromatic N) is 2. The van der Waals surface area contributed by atoms with Crippen molar-refractivity contribution in [1.29, 1.82) is 0 Å². The van der Waals surface area contributed by atoms with Gasteiger partial charge in [-0.05, 0) is 55.5 Å². The number of aliphatic hydroxyl groups is 1. The second-order valence-corrected chi connectivity index (χ2v) is 11.8. The van der Waals surface area contributed by atoms with E-state index in [-0.39, 0.29) is 30.1 Å². The Bertz CT molecular complexity index is 1090. The fourth-order valence-corrected chi connectivity index (χ4v) is 6.70. The van der Waals surface area contributed by atoms with Crippen molar-refractivity contribution in [3.8, 4) is 0 Å². The first-order valence-electron chi connectivity index (χ1n) is 12.2. The fourth-order valence-electron chi connectivity index (χ4n) is 4.90. The summed E-state index contributed by atoms with van der Waals surface area (Å²) in [5.41, 5.74) is 0.279. The summed E-state index contributed by atoms with van der Waals surface area (Å²) < 4.78 is 33.6. The Hall–Kier alpha value is -1.97. The molecule has 0 aromatic heterocycles. The lowest BCUT2D eigenvalue weighted by Crippen LogP contribution is -2.49. The number of halogens is 1. The number of carbonyl (C=O) groups is 1. The van der Waals surface area contributed by atoms with Crippen LogP contribution < -0.4 is 0 Å². The molecule has 7 nitrogen and oxygen atoms in total. The summed E-state index contributed by atoms with van der Waals surface area (Å²) in [4.78, 5) is 14.7. The number of hydrogen-bond donors (Lipinski definition) is 1. The van der Waals surface area contributed by atoms with Crippen molar-refractivity contribution in [3.05, 3.63) is 65.2 Å². The number of benzene rings is 2. The van der Waals surface area contributed by atoms with E-state index in [1.807, 2.05) is 30.3 Å². The Morgan fingerprint density at radius 1 is 1.03 bits per heavy atom. The number of carbonyl (C=O) groups excluding carboxylic acids is 1. The number of ether oxygens (including phenoxy) is 1. The summed E-state index contributed by atoms with van der Waals surface area (Å²) in [6.07, 6.45) is 4.01. The van der Waals surface area contributed by atoms with Crippen LogP contribution in [0.5, 0.6) is 0 Å². The molecule has 2 fully saturated rings. The van der Waals surface area contributed by atoms with Crippen LogP contribution in [0.25, 0.3) is 0 Å². The maximum Gasteiger partial charge on any atom is 0.248 e. The standard InChI is InChI=1S/C26H33ClN2O5S/c27-22-9-11-24(12-10-22)35(32,33)29-15-5-4-8-23(29)19-34-20-25(30)28-16-13-26(31,14-17-28)18-21-6-2-1-3-7-21/h1-3,6-7,9-12,23,31H,4-5,8,13-20H2. The summed E-state index contributed by atoms with van der Waals surface area (Å²) in [6, 6.07) is 15.8. The van der Waals surface area contributed by atoms with Crippen LogP contribution in [-0.4, -0.2) is 73.1 Å². The fraction of sp³-hybridized carbons (Fsp3) is 0.500. The predicted molar refractivity (Wildman–Crippen MR) is 135 cm³/mol. The first-order valence-corrected chi connectivity index (χ1v) is 14.0. The molecular weight excluding hydrogens is 488 g/mol. The Labute approximate surface area is 212 Å². The highest BCUT2D eigenvalue weighted by Gasteiger charge is 2.35. The molecule has 2 aromatic rings. The molecule has 2 heterocycles. The van der Waals surface area contributed by atoms with Crippen molar-refractivity contribution >= 4 is 27.5 Å². The average Bonchev–Trinajstić information content (AvgIpc) is 2.85. The van der Waals surface area contributed by atoms with E-state index in [2.05, 4.69) is 0 Å². The zero-order valence-electron chi connectivity index (χ0n) is 19.8. The van der Waals surface area contributed by atoms with Gasteiger partial charge >= 0.3 is 0 Å². The first kappa shape index (κ1) is 26.1. The zero-order chi connectivity index (χ0) is 24.9. The third-order valence-electron chi connectivity index (χ3n) is 6.95. The predicted octanol–water partition coefficient (Wildman–Crippen LogP) is 3.50. The number of sulfonamides is 1. The normalized spacial score (nSPS) is 21.1. The SMILES string of the molecule is O=C(COCC1CCCCN1S(=O)(=O)c1ccc(Cl)cc1)N1CCC(O)(Cc2ccccc2)CC1. The Morgan fingerprint density at radius 3 is 2.40 bits per heavy atom. The van der Waals surface area contributed by atoms with Gasteiger partial charge in [0, 0.05) is 37.1 Å². The van der Waals surface area contributed by atoms with Gasteiger partial charge in [0.05, 0.1) is 17.1 Å². The molecule has 0 bridgehead atoms. The largest absolute Gasteiger partial charge is 0.389 e. The van der Waals surface area contributed by atoms with E-state index in [0.29, 0.717) is 50.3 Å². The van der Waals surface area contributed by atoms with E-state index in [0.717, 1.165) is 18.4 Å². The molecule has 0 aliphatic carbocycles. The van der Waals surface area contributed by atoms with Gasteiger partial charge in [-0.1, -0.05) is 48.4 Å². The van der Waals surface area contributed by atoms with E-state index in [1.54, 1.807) is 17.0 Å². The van der Waals surface area contributed by atoms with E-state index in [1.165, 1.54) is 16.4 Å². The molecular formula is C26H33ClN2O5S. The molecule has 9 heteroatoms. The quantitative estimate of drug-likeness (QED) is 0.575. The van der Waals surface area contributed by atoms with Crippen LogP contribution in [0, 0.1) is 0 Å². The lowest BCUT2D eigenvalue weighted by molar-refractivity contribution is -0.140. The van der Waals surface area contributed by atoms with Gasteiger partial charge < -0.3 is 14.7 Å². The van der Waals surface area contributed by atoms with Crippen LogP contribution in [0.3, 0.4) is 0 Å². The Kier molecular flexibility index (Phi) is 8.50. The highest BCUT2D eigenvalue weighted by molar-refractivity contribution is 7.89. The van der Waals surface area contributed by atoms with Crippen molar-refractivity contribution in [3.63, 3.8) is 0 Å². The van der Waals surface area contributed by atoms with Crippen molar-refractivity contribution in [2.24, 2.45) is 0 Å². The molecule has 1 N–H and O–H groups in total. The minimum absolute atomic E-state index is 0.0948. The molecule has 2 aliphatic heterocycles. The first-order chi connectivity index (χ1) is 16.8. The van der Waals surface area contributed by atoms with Crippen molar-refractivity contribution in [2.75, 3.05) is 32.8 Å². The van der Waals surface area contributed by atoms with E-state index >= 15 is 0 Å². The molecule has 35 heavy (non-hydrogen) atoms.